The van der Waals surface area contributed by atoms with Gasteiger partial charge in [-0.25, -0.2) is 4.98 Å². The van der Waals surface area contributed by atoms with Crippen LogP contribution >= 0.6 is 11.6 Å². The Bertz CT molecular complexity index is 650. The van der Waals surface area contributed by atoms with Crippen LogP contribution in [0.5, 0.6) is 0 Å². The summed E-state index contributed by atoms with van der Waals surface area (Å²) in [6, 6.07) is 10.2. The molecule has 1 aromatic heterocycles. The number of hydrogen-bond donors (Lipinski definition) is 1. The highest BCUT2D eigenvalue weighted by Crippen LogP contribution is 2.43. The van der Waals surface area contributed by atoms with Gasteiger partial charge in [-0.2, -0.15) is 4.98 Å². The summed E-state index contributed by atoms with van der Waals surface area (Å²) in [7, 11) is 0. The molecule has 1 aromatic carbocycles. The summed E-state index contributed by atoms with van der Waals surface area (Å²) in [5, 5.41) is 14.0. The number of rotatable bonds is 4. The van der Waals surface area contributed by atoms with E-state index in [4.69, 9.17) is 11.6 Å². The van der Waals surface area contributed by atoms with E-state index in [-0.39, 0.29) is 22.8 Å². The van der Waals surface area contributed by atoms with Crippen molar-refractivity contribution in [3.8, 4) is 0 Å². The molecule has 0 saturated heterocycles. The van der Waals surface area contributed by atoms with Crippen LogP contribution in [0.4, 0.5) is 11.5 Å². The van der Waals surface area contributed by atoms with Crippen LogP contribution in [-0.4, -0.2) is 20.9 Å². The summed E-state index contributed by atoms with van der Waals surface area (Å²) >= 11 is 5.69. The number of halogens is 1. The van der Waals surface area contributed by atoms with E-state index in [9.17, 15) is 10.1 Å². The largest absolute Gasteiger partial charge is 0.361 e. The third-order valence-corrected chi connectivity index (χ3v) is 3.46. The molecule has 2 unspecified atom stereocenters. The smallest absolute Gasteiger partial charge is 0.329 e. The van der Waals surface area contributed by atoms with Gasteiger partial charge in [0.25, 0.3) is 0 Å². The zero-order valence-electron chi connectivity index (χ0n) is 10.4. The van der Waals surface area contributed by atoms with Crippen LogP contribution in [0.2, 0.25) is 5.28 Å². The quantitative estimate of drug-likeness (QED) is 0.532. The molecule has 6 nitrogen and oxygen atoms in total. The summed E-state index contributed by atoms with van der Waals surface area (Å²) in [5.74, 6) is 0.531. The lowest BCUT2D eigenvalue weighted by molar-refractivity contribution is -0.384. The van der Waals surface area contributed by atoms with Crippen molar-refractivity contribution in [1.82, 2.24) is 9.97 Å². The molecule has 1 fully saturated rings. The number of anilines is 1. The number of benzene rings is 1. The fourth-order valence-corrected chi connectivity index (χ4v) is 2.33. The maximum absolute atomic E-state index is 10.9. The Morgan fingerprint density at radius 1 is 1.35 bits per heavy atom. The molecule has 2 aromatic rings. The average Bonchev–Trinajstić information content (AvgIpc) is 3.19. The molecule has 0 spiro atoms. The van der Waals surface area contributed by atoms with Gasteiger partial charge in [0.05, 0.1) is 4.92 Å². The Morgan fingerprint density at radius 2 is 2.10 bits per heavy atom. The van der Waals surface area contributed by atoms with Gasteiger partial charge in [-0.3, -0.25) is 10.1 Å². The van der Waals surface area contributed by atoms with Gasteiger partial charge < -0.3 is 5.32 Å². The second kappa shape index (κ2) is 5.05. The third kappa shape index (κ3) is 2.55. The first-order valence-electron chi connectivity index (χ1n) is 6.13. The van der Waals surface area contributed by atoms with Crippen molar-refractivity contribution in [2.45, 2.75) is 18.4 Å². The lowest BCUT2D eigenvalue weighted by atomic mass is 10.1. The maximum atomic E-state index is 10.9. The van der Waals surface area contributed by atoms with Crippen LogP contribution < -0.4 is 5.32 Å². The fourth-order valence-electron chi connectivity index (χ4n) is 2.19. The zero-order valence-corrected chi connectivity index (χ0v) is 11.1. The van der Waals surface area contributed by atoms with E-state index in [1.165, 1.54) is 5.56 Å². The van der Waals surface area contributed by atoms with Gasteiger partial charge in [-0.1, -0.05) is 30.3 Å². The molecule has 2 atom stereocenters. The van der Waals surface area contributed by atoms with Gasteiger partial charge in [0.2, 0.25) is 11.1 Å². The van der Waals surface area contributed by atoms with Gasteiger partial charge in [-0.05, 0) is 23.6 Å². The fraction of sp³-hybridized carbons (Fsp3) is 0.231. The summed E-state index contributed by atoms with van der Waals surface area (Å²) in [4.78, 5) is 18.0. The molecular weight excluding hydrogens is 280 g/mol. The minimum Gasteiger partial charge on any atom is -0.361 e. The van der Waals surface area contributed by atoms with Crippen LogP contribution in [0.25, 0.3) is 0 Å². The van der Waals surface area contributed by atoms with Gasteiger partial charge in [0.15, 0.2) is 0 Å². The van der Waals surface area contributed by atoms with Crippen LogP contribution in [0, 0.1) is 10.1 Å². The zero-order chi connectivity index (χ0) is 14.1. The highest BCUT2D eigenvalue weighted by Gasteiger charge is 2.39. The summed E-state index contributed by atoms with van der Waals surface area (Å²) in [6.45, 7) is 0. The number of nitro groups is 1. The number of nitrogens with one attached hydrogen (secondary N) is 1. The Morgan fingerprint density at radius 3 is 2.80 bits per heavy atom. The lowest BCUT2D eigenvalue weighted by Gasteiger charge is -2.05. The average molecular weight is 291 g/mol. The summed E-state index contributed by atoms with van der Waals surface area (Å²) < 4.78 is 0. The van der Waals surface area contributed by atoms with E-state index >= 15 is 0 Å². The van der Waals surface area contributed by atoms with Crippen molar-refractivity contribution in [3.05, 3.63) is 57.5 Å². The molecule has 1 N–H and O–H groups in total. The molecular formula is C13H11ClN4O2. The van der Waals surface area contributed by atoms with Gasteiger partial charge in [-0.15, -0.1) is 0 Å². The Hall–Kier alpha value is -2.21. The SMILES string of the molecule is O=[N+]([O-])c1cnc(Cl)nc1NC1CC1c1ccccc1. The standard InChI is InChI=1S/C13H11ClN4O2/c14-13-15-7-11(18(19)20)12(17-13)16-10-6-9(10)8-4-2-1-3-5-8/h1-5,7,9-10H,6H2,(H,15,16,17). The highest BCUT2D eigenvalue weighted by atomic mass is 35.5. The molecule has 1 saturated carbocycles. The van der Waals surface area contributed by atoms with Crippen molar-refractivity contribution in [2.24, 2.45) is 0 Å². The van der Waals surface area contributed by atoms with Gasteiger partial charge in [0.1, 0.15) is 6.20 Å². The van der Waals surface area contributed by atoms with Crippen molar-refractivity contribution in [1.29, 1.82) is 0 Å². The molecule has 0 amide bonds. The topological polar surface area (TPSA) is 81.0 Å². The first-order valence-corrected chi connectivity index (χ1v) is 6.51. The third-order valence-electron chi connectivity index (χ3n) is 3.28. The minimum absolute atomic E-state index is 0.00462. The molecule has 102 valence electrons. The lowest BCUT2D eigenvalue weighted by Crippen LogP contribution is -2.09. The second-order valence-electron chi connectivity index (χ2n) is 4.63. The summed E-state index contributed by atoms with van der Waals surface area (Å²) in [6.07, 6.45) is 2.04. The van der Waals surface area contributed by atoms with E-state index in [1.807, 2.05) is 30.3 Å². The molecule has 3 rings (SSSR count). The highest BCUT2D eigenvalue weighted by molar-refractivity contribution is 6.28. The Balaban J connectivity index is 1.77. The van der Waals surface area contributed by atoms with E-state index in [0.29, 0.717) is 5.92 Å². The maximum Gasteiger partial charge on any atom is 0.329 e. The molecule has 20 heavy (non-hydrogen) atoms. The normalized spacial score (nSPS) is 20.4. The molecule has 1 aliphatic carbocycles. The number of aromatic nitrogens is 2. The molecule has 1 aliphatic rings. The molecule has 0 aliphatic heterocycles. The van der Waals surface area contributed by atoms with Gasteiger partial charge in [0, 0.05) is 12.0 Å². The van der Waals surface area contributed by atoms with E-state index in [0.717, 1.165) is 12.6 Å². The molecule has 1 heterocycles. The predicted octanol–water partition coefficient (Wildman–Crippen LogP) is 3.01. The van der Waals surface area contributed by atoms with Crippen LogP contribution in [0.1, 0.15) is 17.9 Å². The van der Waals surface area contributed by atoms with Crippen LogP contribution in [-0.2, 0) is 0 Å². The van der Waals surface area contributed by atoms with E-state index in [1.54, 1.807) is 0 Å². The molecule has 0 bridgehead atoms. The summed E-state index contributed by atoms with van der Waals surface area (Å²) in [5.41, 5.74) is 1.06. The van der Waals surface area contributed by atoms with Crippen molar-refractivity contribution in [2.75, 3.05) is 5.32 Å². The van der Waals surface area contributed by atoms with Crippen molar-refractivity contribution in [3.63, 3.8) is 0 Å². The molecule has 0 radical (unpaired) electrons. The van der Waals surface area contributed by atoms with Crippen molar-refractivity contribution >= 4 is 23.1 Å². The van der Waals surface area contributed by atoms with Crippen molar-refractivity contribution < 1.29 is 4.92 Å². The van der Waals surface area contributed by atoms with Crippen LogP contribution in [0.3, 0.4) is 0 Å². The Labute approximate surface area is 120 Å². The van der Waals surface area contributed by atoms with E-state index in [2.05, 4.69) is 15.3 Å². The molecule has 7 heteroatoms. The monoisotopic (exact) mass is 290 g/mol. The first kappa shape index (κ1) is 12.8. The van der Waals surface area contributed by atoms with Crippen LogP contribution in [0.15, 0.2) is 36.5 Å². The number of hydrogen-bond acceptors (Lipinski definition) is 5. The first-order chi connectivity index (χ1) is 9.65. The van der Waals surface area contributed by atoms with Gasteiger partial charge >= 0.3 is 5.69 Å². The predicted molar refractivity (Wildman–Crippen MR) is 74.9 cm³/mol. The van der Waals surface area contributed by atoms with E-state index < -0.39 is 4.92 Å². The number of nitrogens with zero attached hydrogens (tertiary/aromatic N) is 3. The minimum atomic E-state index is -0.515. The second-order valence-corrected chi connectivity index (χ2v) is 4.97. The Kier molecular flexibility index (Phi) is 3.23.